The quantitative estimate of drug-likeness (QED) is 0.835. The highest BCUT2D eigenvalue weighted by Gasteiger charge is 2.42. The average Bonchev–Trinajstić information content (AvgIpc) is 2.97. The Morgan fingerprint density at radius 2 is 2.07 bits per heavy atom. The van der Waals surface area contributed by atoms with Crippen LogP contribution in [0.15, 0.2) is 18.2 Å². The summed E-state index contributed by atoms with van der Waals surface area (Å²) in [7, 11) is 0. The van der Waals surface area contributed by atoms with E-state index in [4.69, 9.17) is 17.3 Å². The fraction of sp³-hybridized carbons (Fsp3) is 0.538. The molecule has 0 atom stereocenters. The maximum absolute atomic E-state index is 6.27. The number of hydrogen-bond donors (Lipinski definition) is 1. The van der Waals surface area contributed by atoms with E-state index in [1.54, 1.807) is 0 Å². The van der Waals surface area contributed by atoms with Crippen LogP contribution in [0.5, 0.6) is 0 Å². The number of benzene rings is 1. The molecule has 1 aromatic carbocycles. The van der Waals surface area contributed by atoms with Crippen molar-refractivity contribution < 1.29 is 0 Å². The van der Waals surface area contributed by atoms with E-state index in [0.29, 0.717) is 5.92 Å². The second-order valence-corrected chi connectivity index (χ2v) is 5.28. The Morgan fingerprint density at radius 3 is 2.47 bits per heavy atom. The molecule has 0 aromatic heterocycles. The fourth-order valence-corrected chi connectivity index (χ4v) is 2.49. The molecule has 15 heavy (non-hydrogen) atoms. The molecule has 0 saturated heterocycles. The molecule has 1 aliphatic rings. The van der Waals surface area contributed by atoms with E-state index in [1.807, 2.05) is 0 Å². The third-order valence-electron chi connectivity index (χ3n) is 3.48. The van der Waals surface area contributed by atoms with Gasteiger partial charge in [-0.1, -0.05) is 37.6 Å². The monoisotopic (exact) mass is 223 g/mol. The first kappa shape index (κ1) is 11.0. The van der Waals surface area contributed by atoms with E-state index < -0.39 is 0 Å². The third-order valence-corrected chi connectivity index (χ3v) is 3.81. The zero-order valence-corrected chi connectivity index (χ0v) is 10.1. The molecule has 0 heterocycles. The van der Waals surface area contributed by atoms with Crippen molar-refractivity contribution in [2.75, 3.05) is 6.54 Å². The largest absolute Gasteiger partial charge is 0.330 e. The number of hydrogen-bond acceptors (Lipinski definition) is 1. The molecular weight excluding hydrogens is 206 g/mol. The summed E-state index contributed by atoms with van der Waals surface area (Å²) in [6.07, 6.45) is 2.42. The van der Waals surface area contributed by atoms with E-state index in [0.717, 1.165) is 11.6 Å². The van der Waals surface area contributed by atoms with Crippen LogP contribution in [0, 0.1) is 0 Å². The Balaban J connectivity index is 2.34. The van der Waals surface area contributed by atoms with Crippen LogP contribution in [0.3, 0.4) is 0 Å². The predicted octanol–water partition coefficient (Wildman–Crippen LogP) is 3.45. The van der Waals surface area contributed by atoms with Gasteiger partial charge in [-0.3, -0.25) is 0 Å². The molecule has 2 rings (SSSR count). The van der Waals surface area contributed by atoms with Crippen molar-refractivity contribution in [2.24, 2.45) is 5.73 Å². The summed E-state index contributed by atoms with van der Waals surface area (Å²) in [6.45, 7) is 5.07. The molecule has 0 bridgehead atoms. The van der Waals surface area contributed by atoms with Crippen LogP contribution in [0.2, 0.25) is 5.02 Å². The SMILES string of the molecule is CC(C)c1ccc(C2(CN)CC2)cc1Cl. The highest BCUT2D eigenvalue weighted by atomic mass is 35.5. The molecule has 1 fully saturated rings. The van der Waals surface area contributed by atoms with Crippen molar-refractivity contribution in [1.82, 2.24) is 0 Å². The molecule has 1 nitrogen and oxygen atoms in total. The van der Waals surface area contributed by atoms with Gasteiger partial charge in [0.05, 0.1) is 0 Å². The number of nitrogens with two attached hydrogens (primary N) is 1. The zero-order valence-electron chi connectivity index (χ0n) is 9.39. The minimum absolute atomic E-state index is 0.249. The van der Waals surface area contributed by atoms with Crippen LogP contribution < -0.4 is 5.73 Å². The van der Waals surface area contributed by atoms with Crippen LogP contribution in [-0.2, 0) is 5.41 Å². The Morgan fingerprint density at radius 1 is 1.40 bits per heavy atom. The Labute approximate surface area is 96.6 Å². The highest BCUT2D eigenvalue weighted by molar-refractivity contribution is 6.31. The molecule has 82 valence electrons. The van der Waals surface area contributed by atoms with Crippen molar-refractivity contribution in [3.05, 3.63) is 34.3 Å². The van der Waals surface area contributed by atoms with Gasteiger partial charge in [0.15, 0.2) is 0 Å². The van der Waals surface area contributed by atoms with E-state index in [9.17, 15) is 0 Å². The van der Waals surface area contributed by atoms with E-state index >= 15 is 0 Å². The van der Waals surface area contributed by atoms with Gasteiger partial charge in [0.2, 0.25) is 0 Å². The van der Waals surface area contributed by atoms with E-state index in [2.05, 4.69) is 32.0 Å². The van der Waals surface area contributed by atoms with Gasteiger partial charge in [-0.15, -0.1) is 0 Å². The molecular formula is C13H18ClN. The molecule has 2 N–H and O–H groups in total. The smallest absolute Gasteiger partial charge is 0.0443 e. The van der Waals surface area contributed by atoms with Crippen LogP contribution >= 0.6 is 11.6 Å². The number of halogens is 1. The van der Waals surface area contributed by atoms with Gasteiger partial charge in [-0.2, -0.15) is 0 Å². The maximum Gasteiger partial charge on any atom is 0.0443 e. The Kier molecular flexibility index (Phi) is 2.78. The first-order valence-electron chi connectivity index (χ1n) is 5.59. The molecule has 1 aliphatic carbocycles. The molecule has 2 heteroatoms. The molecule has 0 aliphatic heterocycles. The summed E-state index contributed by atoms with van der Waals surface area (Å²) in [5, 5.41) is 0.891. The summed E-state index contributed by atoms with van der Waals surface area (Å²) < 4.78 is 0. The minimum atomic E-state index is 0.249. The second kappa shape index (κ2) is 3.80. The molecule has 0 radical (unpaired) electrons. The molecule has 1 saturated carbocycles. The van der Waals surface area contributed by atoms with E-state index in [-0.39, 0.29) is 5.41 Å². The molecule has 0 amide bonds. The molecule has 1 aromatic rings. The highest BCUT2D eigenvalue weighted by Crippen LogP contribution is 2.48. The third kappa shape index (κ3) is 1.91. The van der Waals surface area contributed by atoms with Gasteiger partial charge < -0.3 is 5.73 Å². The van der Waals surface area contributed by atoms with Crippen molar-refractivity contribution >= 4 is 11.6 Å². The van der Waals surface area contributed by atoms with Crippen molar-refractivity contribution in [3.8, 4) is 0 Å². The Bertz CT molecular complexity index is 367. The number of rotatable bonds is 3. The fourth-order valence-electron chi connectivity index (χ4n) is 2.09. The maximum atomic E-state index is 6.27. The van der Waals surface area contributed by atoms with Gasteiger partial charge in [0.1, 0.15) is 0 Å². The van der Waals surface area contributed by atoms with Gasteiger partial charge in [0, 0.05) is 17.0 Å². The van der Waals surface area contributed by atoms with E-state index in [1.165, 1.54) is 24.0 Å². The average molecular weight is 224 g/mol. The lowest BCUT2D eigenvalue weighted by molar-refractivity contribution is 0.703. The van der Waals surface area contributed by atoms with Crippen LogP contribution in [0.1, 0.15) is 43.7 Å². The summed E-state index contributed by atoms with van der Waals surface area (Å²) >= 11 is 6.27. The first-order chi connectivity index (χ1) is 7.09. The summed E-state index contributed by atoms with van der Waals surface area (Å²) in [6, 6.07) is 6.45. The minimum Gasteiger partial charge on any atom is -0.330 e. The lowest BCUT2D eigenvalue weighted by atomic mass is 9.93. The first-order valence-corrected chi connectivity index (χ1v) is 5.97. The van der Waals surface area contributed by atoms with Crippen molar-refractivity contribution in [2.45, 2.75) is 38.0 Å². The molecule has 0 unspecified atom stereocenters. The zero-order chi connectivity index (χ0) is 11.1. The second-order valence-electron chi connectivity index (χ2n) is 4.88. The van der Waals surface area contributed by atoms with Crippen LogP contribution in [0.25, 0.3) is 0 Å². The summed E-state index contributed by atoms with van der Waals surface area (Å²) in [5.74, 6) is 0.486. The van der Waals surface area contributed by atoms with Gasteiger partial charge >= 0.3 is 0 Å². The lowest BCUT2D eigenvalue weighted by Crippen LogP contribution is -2.19. The Hall–Kier alpha value is -0.530. The van der Waals surface area contributed by atoms with Crippen molar-refractivity contribution in [1.29, 1.82) is 0 Å². The van der Waals surface area contributed by atoms with Crippen LogP contribution in [0.4, 0.5) is 0 Å². The predicted molar refractivity (Wildman–Crippen MR) is 65.5 cm³/mol. The summed E-state index contributed by atoms with van der Waals surface area (Å²) in [4.78, 5) is 0. The normalized spacial score (nSPS) is 18.2. The summed E-state index contributed by atoms with van der Waals surface area (Å²) in [5.41, 5.74) is 8.60. The van der Waals surface area contributed by atoms with Gasteiger partial charge in [-0.05, 0) is 36.0 Å². The van der Waals surface area contributed by atoms with Gasteiger partial charge in [0.25, 0.3) is 0 Å². The standard InChI is InChI=1S/C13H18ClN/c1-9(2)11-4-3-10(7-12(11)14)13(8-15)5-6-13/h3-4,7,9H,5-6,8,15H2,1-2H3. The van der Waals surface area contributed by atoms with Crippen LogP contribution in [-0.4, -0.2) is 6.54 Å². The van der Waals surface area contributed by atoms with Gasteiger partial charge in [-0.25, -0.2) is 0 Å². The molecule has 0 spiro atoms. The topological polar surface area (TPSA) is 26.0 Å². The lowest BCUT2D eigenvalue weighted by Gasteiger charge is -2.16. The van der Waals surface area contributed by atoms with Crippen molar-refractivity contribution in [3.63, 3.8) is 0 Å².